The summed E-state index contributed by atoms with van der Waals surface area (Å²) in [5, 5.41) is 14.2. The zero-order chi connectivity index (χ0) is 14.2. The van der Waals surface area contributed by atoms with Crippen LogP contribution < -0.4 is 5.32 Å². The van der Waals surface area contributed by atoms with Crippen LogP contribution in [-0.4, -0.2) is 23.3 Å². The van der Waals surface area contributed by atoms with Crippen LogP contribution in [0, 0.1) is 11.8 Å². The van der Waals surface area contributed by atoms with Crippen LogP contribution in [0.15, 0.2) is 30.3 Å². The quantitative estimate of drug-likeness (QED) is 0.891. The van der Waals surface area contributed by atoms with Gasteiger partial charge in [-0.1, -0.05) is 36.8 Å². The number of benzene rings is 1. The molecule has 1 aromatic carbocycles. The van der Waals surface area contributed by atoms with Crippen LogP contribution in [0.2, 0.25) is 0 Å². The third-order valence-electron chi connectivity index (χ3n) is 6.14. The van der Waals surface area contributed by atoms with E-state index in [0.717, 1.165) is 30.7 Å². The molecule has 2 bridgehead atoms. The van der Waals surface area contributed by atoms with Gasteiger partial charge in [-0.15, -0.1) is 0 Å². The van der Waals surface area contributed by atoms with E-state index in [1.54, 1.807) is 0 Å². The Bertz CT molecular complexity index is 474. The van der Waals surface area contributed by atoms with Gasteiger partial charge < -0.3 is 10.4 Å². The molecule has 21 heavy (non-hydrogen) atoms. The molecule has 4 rings (SSSR count). The number of hydrogen-bond acceptors (Lipinski definition) is 2. The highest BCUT2D eigenvalue weighted by Gasteiger charge is 2.41. The Balaban J connectivity index is 1.41. The van der Waals surface area contributed by atoms with Crippen LogP contribution in [0.3, 0.4) is 0 Å². The molecular weight excluding hydrogens is 258 g/mol. The molecule has 0 amide bonds. The molecule has 2 heteroatoms. The monoisotopic (exact) mass is 285 g/mol. The zero-order valence-electron chi connectivity index (χ0n) is 12.7. The van der Waals surface area contributed by atoms with Crippen LogP contribution in [0.5, 0.6) is 0 Å². The van der Waals surface area contributed by atoms with Crippen molar-refractivity contribution in [1.82, 2.24) is 5.32 Å². The largest absolute Gasteiger partial charge is 0.393 e. The first-order valence-corrected chi connectivity index (χ1v) is 8.77. The van der Waals surface area contributed by atoms with Gasteiger partial charge >= 0.3 is 0 Å². The third-order valence-corrected chi connectivity index (χ3v) is 6.14. The predicted octanol–water partition coefficient (Wildman–Crippen LogP) is 3.46. The van der Waals surface area contributed by atoms with E-state index in [9.17, 15) is 5.11 Å². The van der Waals surface area contributed by atoms with Crippen LogP contribution in [-0.2, 0) is 0 Å². The van der Waals surface area contributed by atoms with Crippen LogP contribution in [0.4, 0.5) is 0 Å². The lowest BCUT2D eigenvalue weighted by atomic mass is 9.79. The van der Waals surface area contributed by atoms with E-state index in [0.29, 0.717) is 12.0 Å². The van der Waals surface area contributed by atoms with Gasteiger partial charge in [0.05, 0.1) is 6.10 Å². The molecule has 1 aromatic rings. The van der Waals surface area contributed by atoms with E-state index in [4.69, 9.17) is 0 Å². The van der Waals surface area contributed by atoms with Gasteiger partial charge in [0.25, 0.3) is 0 Å². The van der Waals surface area contributed by atoms with Gasteiger partial charge in [0.2, 0.25) is 0 Å². The van der Waals surface area contributed by atoms with Crippen molar-refractivity contribution in [3.63, 3.8) is 0 Å². The second kappa shape index (κ2) is 5.73. The Kier molecular flexibility index (Phi) is 3.76. The summed E-state index contributed by atoms with van der Waals surface area (Å²) in [7, 11) is 0. The van der Waals surface area contributed by atoms with Crippen molar-refractivity contribution in [2.75, 3.05) is 0 Å². The first-order valence-electron chi connectivity index (χ1n) is 8.77. The van der Waals surface area contributed by atoms with Crippen molar-refractivity contribution in [3.8, 4) is 0 Å². The van der Waals surface area contributed by atoms with Crippen LogP contribution >= 0.6 is 0 Å². The van der Waals surface area contributed by atoms with Crippen molar-refractivity contribution in [3.05, 3.63) is 35.9 Å². The van der Waals surface area contributed by atoms with E-state index in [2.05, 4.69) is 35.6 Å². The number of aliphatic hydroxyl groups is 1. The van der Waals surface area contributed by atoms with Crippen molar-refractivity contribution in [1.29, 1.82) is 0 Å². The summed E-state index contributed by atoms with van der Waals surface area (Å²) in [5.41, 5.74) is 1.40. The van der Waals surface area contributed by atoms with Gasteiger partial charge in [-0.3, -0.25) is 0 Å². The number of fused-ring (bicyclic) bond motifs is 2. The first kappa shape index (κ1) is 13.8. The lowest BCUT2D eigenvalue weighted by Crippen LogP contribution is -2.46. The molecule has 3 fully saturated rings. The fraction of sp³-hybridized carbons (Fsp3) is 0.684. The average Bonchev–Trinajstić information content (AvgIpc) is 3.10. The lowest BCUT2D eigenvalue weighted by Gasteiger charge is -2.36. The van der Waals surface area contributed by atoms with Crippen molar-refractivity contribution in [2.45, 2.75) is 69.1 Å². The molecule has 3 saturated carbocycles. The molecule has 0 radical (unpaired) electrons. The standard InChI is InChI=1S/C19H27NO/c21-18-11-16(14-4-2-1-3-5-14)10-17(12-18)20-19-9-13-6-7-15(19)8-13/h1-5,13,15-21H,6-12H2/t13-,15?,16?,17?,18?,19?/m1/s1. The molecule has 114 valence electrons. The predicted molar refractivity (Wildman–Crippen MR) is 85.2 cm³/mol. The highest BCUT2D eigenvalue weighted by molar-refractivity contribution is 5.21. The highest BCUT2D eigenvalue weighted by atomic mass is 16.3. The summed E-state index contributed by atoms with van der Waals surface area (Å²) in [5.74, 6) is 2.43. The SMILES string of the molecule is OC1CC(NC2C[C@@H]3CCC2C3)CC(c2ccccc2)C1. The van der Waals surface area contributed by atoms with E-state index in [-0.39, 0.29) is 6.10 Å². The summed E-state index contributed by atoms with van der Waals surface area (Å²) >= 11 is 0. The van der Waals surface area contributed by atoms with Crippen molar-refractivity contribution >= 4 is 0 Å². The summed E-state index contributed by atoms with van der Waals surface area (Å²) in [6, 6.07) is 12.0. The molecular formula is C19H27NO. The fourth-order valence-electron chi connectivity index (χ4n) is 5.17. The van der Waals surface area contributed by atoms with Gasteiger partial charge in [0, 0.05) is 12.1 Å². The van der Waals surface area contributed by atoms with E-state index in [1.807, 2.05) is 0 Å². The van der Waals surface area contributed by atoms with Crippen LogP contribution in [0.1, 0.15) is 56.4 Å². The van der Waals surface area contributed by atoms with E-state index < -0.39 is 0 Å². The minimum absolute atomic E-state index is 0.139. The Labute approximate surface area is 128 Å². The highest BCUT2D eigenvalue weighted by Crippen LogP contribution is 2.45. The maximum Gasteiger partial charge on any atom is 0.0561 e. The number of aliphatic hydroxyl groups excluding tert-OH is 1. The Morgan fingerprint density at radius 2 is 1.76 bits per heavy atom. The van der Waals surface area contributed by atoms with Gasteiger partial charge in [-0.25, -0.2) is 0 Å². The molecule has 0 aromatic heterocycles. The van der Waals surface area contributed by atoms with Crippen LogP contribution in [0.25, 0.3) is 0 Å². The lowest BCUT2D eigenvalue weighted by molar-refractivity contribution is 0.0941. The second-order valence-corrected chi connectivity index (χ2v) is 7.61. The summed E-state index contributed by atoms with van der Waals surface area (Å²) < 4.78 is 0. The smallest absolute Gasteiger partial charge is 0.0561 e. The van der Waals surface area contributed by atoms with E-state index >= 15 is 0 Å². The molecule has 6 atom stereocenters. The Morgan fingerprint density at radius 3 is 2.48 bits per heavy atom. The maximum atomic E-state index is 10.3. The van der Waals surface area contributed by atoms with Gasteiger partial charge in [-0.05, 0) is 61.8 Å². The first-order chi connectivity index (χ1) is 10.3. The molecule has 2 N–H and O–H groups in total. The molecule has 3 aliphatic rings. The number of nitrogens with one attached hydrogen (secondary N) is 1. The maximum absolute atomic E-state index is 10.3. The van der Waals surface area contributed by atoms with Crippen molar-refractivity contribution < 1.29 is 5.11 Å². The van der Waals surface area contributed by atoms with Gasteiger partial charge in [0.1, 0.15) is 0 Å². The Hall–Kier alpha value is -0.860. The summed E-state index contributed by atoms with van der Waals surface area (Å²) in [6.45, 7) is 0. The normalized spacial score (nSPS) is 42.3. The van der Waals surface area contributed by atoms with Gasteiger partial charge in [0.15, 0.2) is 0 Å². The molecule has 0 saturated heterocycles. The molecule has 2 nitrogen and oxygen atoms in total. The minimum atomic E-state index is -0.139. The molecule has 0 heterocycles. The van der Waals surface area contributed by atoms with E-state index in [1.165, 1.54) is 37.7 Å². The molecule has 0 spiro atoms. The van der Waals surface area contributed by atoms with Gasteiger partial charge in [-0.2, -0.15) is 0 Å². The van der Waals surface area contributed by atoms with Crippen molar-refractivity contribution in [2.24, 2.45) is 11.8 Å². The second-order valence-electron chi connectivity index (χ2n) is 7.61. The zero-order valence-corrected chi connectivity index (χ0v) is 12.7. The molecule has 5 unspecified atom stereocenters. The third kappa shape index (κ3) is 2.89. The minimum Gasteiger partial charge on any atom is -0.393 e. The molecule has 0 aliphatic heterocycles. The number of hydrogen-bond donors (Lipinski definition) is 2. The summed E-state index contributed by atoms with van der Waals surface area (Å²) in [6.07, 6.45) is 8.65. The average molecular weight is 285 g/mol. The summed E-state index contributed by atoms with van der Waals surface area (Å²) in [4.78, 5) is 0. The molecule has 3 aliphatic carbocycles. The Morgan fingerprint density at radius 1 is 0.905 bits per heavy atom. The number of rotatable bonds is 3. The topological polar surface area (TPSA) is 32.3 Å². The fourth-order valence-corrected chi connectivity index (χ4v) is 5.17.